The van der Waals surface area contributed by atoms with Crippen LogP contribution in [0.15, 0.2) is 60.7 Å². The first-order chi connectivity index (χ1) is 13.0. The molecule has 0 fully saturated rings. The summed E-state index contributed by atoms with van der Waals surface area (Å²) in [6, 6.07) is 17.4. The number of benzene rings is 2. The molecule has 4 rings (SSSR count). The topological polar surface area (TPSA) is 68.0 Å². The van der Waals surface area contributed by atoms with Gasteiger partial charge in [-0.15, -0.1) is 11.3 Å². The Kier molecular flexibility index (Phi) is 4.33. The SMILES string of the molecule is Cc1ccccc1NC(=O)c1sc2nc(-c3ccc(F)cc3)ccc2c1N. The Morgan fingerprint density at radius 1 is 1.07 bits per heavy atom. The van der Waals surface area contributed by atoms with Gasteiger partial charge in [-0.25, -0.2) is 9.37 Å². The van der Waals surface area contributed by atoms with Gasteiger partial charge in [0.25, 0.3) is 5.91 Å². The van der Waals surface area contributed by atoms with Gasteiger partial charge in [0.15, 0.2) is 0 Å². The van der Waals surface area contributed by atoms with Gasteiger partial charge < -0.3 is 11.1 Å². The van der Waals surface area contributed by atoms with Crippen LogP contribution in [0.1, 0.15) is 15.2 Å². The van der Waals surface area contributed by atoms with Crippen LogP contribution in [-0.2, 0) is 0 Å². The van der Waals surface area contributed by atoms with E-state index in [1.807, 2.05) is 43.3 Å². The summed E-state index contributed by atoms with van der Waals surface area (Å²) < 4.78 is 13.1. The van der Waals surface area contributed by atoms with E-state index in [1.54, 1.807) is 12.1 Å². The number of amides is 1. The minimum Gasteiger partial charge on any atom is -0.397 e. The van der Waals surface area contributed by atoms with Crippen LogP contribution in [0.5, 0.6) is 0 Å². The highest BCUT2D eigenvalue weighted by Crippen LogP contribution is 2.34. The molecule has 0 aliphatic rings. The third-order valence-electron chi connectivity index (χ3n) is 4.33. The second kappa shape index (κ2) is 6.81. The predicted molar refractivity (Wildman–Crippen MR) is 109 cm³/mol. The molecular formula is C21H16FN3OS. The lowest BCUT2D eigenvalue weighted by molar-refractivity contribution is 0.103. The molecule has 27 heavy (non-hydrogen) atoms. The normalized spacial score (nSPS) is 10.9. The molecule has 2 aromatic carbocycles. The van der Waals surface area contributed by atoms with Gasteiger partial charge in [-0.05, 0) is 55.0 Å². The number of fused-ring (bicyclic) bond motifs is 1. The van der Waals surface area contributed by atoms with Crippen molar-refractivity contribution in [2.75, 3.05) is 11.1 Å². The monoisotopic (exact) mass is 377 g/mol. The molecule has 0 saturated carbocycles. The summed E-state index contributed by atoms with van der Waals surface area (Å²) in [5.74, 6) is -0.552. The Morgan fingerprint density at radius 2 is 1.81 bits per heavy atom. The molecule has 1 amide bonds. The summed E-state index contributed by atoms with van der Waals surface area (Å²) in [4.78, 5) is 18.4. The van der Waals surface area contributed by atoms with Crippen LogP contribution in [0, 0.1) is 12.7 Å². The molecule has 0 spiro atoms. The van der Waals surface area contributed by atoms with Crippen molar-refractivity contribution in [2.24, 2.45) is 0 Å². The molecule has 0 atom stereocenters. The smallest absolute Gasteiger partial charge is 0.267 e. The molecule has 134 valence electrons. The van der Waals surface area contributed by atoms with E-state index in [2.05, 4.69) is 10.3 Å². The number of nitrogens with two attached hydrogens (primary N) is 1. The lowest BCUT2D eigenvalue weighted by atomic mass is 10.1. The van der Waals surface area contributed by atoms with Crippen LogP contribution < -0.4 is 11.1 Å². The maximum atomic E-state index is 13.1. The Hall–Kier alpha value is -3.25. The number of halogens is 1. The standard InChI is InChI=1S/C21H16FN3OS/c1-12-4-2-3-5-16(12)24-20(26)19-18(23)15-10-11-17(25-21(15)27-19)13-6-8-14(22)9-7-13/h2-11H,23H2,1H3,(H,24,26). The number of hydrogen-bond donors (Lipinski definition) is 2. The highest BCUT2D eigenvalue weighted by atomic mass is 32.1. The van der Waals surface area contributed by atoms with E-state index < -0.39 is 0 Å². The number of nitrogens with zero attached hydrogens (tertiary/aromatic N) is 1. The third-order valence-corrected chi connectivity index (χ3v) is 5.45. The number of carbonyl (C=O) groups is 1. The van der Waals surface area contributed by atoms with E-state index in [4.69, 9.17) is 5.73 Å². The molecule has 4 aromatic rings. The number of nitrogens with one attached hydrogen (secondary N) is 1. The van der Waals surface area contributed by atoms with Crippen LogP contribution in [0.2, 0.25) is 0 Å². The van der Waals surface area contributed by atoms with Gasteiger partial charge in [0.1, 0.15) is 15.5 Å². The van der Waals surface area contributed by atoms with Crippen molar-refractivity contribution in [1.82, 2.24) is 4.98 Å². The average Bonchev–Trinajstić information content (AvgIpc) is 3.00. The van der Waals surface area contributed by atoms with E-state index in [0.717, 1.165) is 22.2 Å². The first-order valence-corrected chi connectivity index (χ1v) is 9.16. The molecule has 6 heteroatoms. The summed E-state index contributed by atoms with van der Waals surface area (Å²) in [5, 5.41) is 3.64. The number of para-hydroxylation sites is 1. The number of aryl methyl sites for hydroxylation is 1. The zero-order valence-electron chi connectivity index (χ0n) is 14.5. The van der Waals surface area contributed by atoms with Crippen LogP contribution in [-0.4, -0.2) is 10.9 Å². The quantitative estimate of drug-likeness (QED) is 0.513. The molecule has 4 nitrogen and oxygen atoms in total. The van der Waals surface area contributed by atoms with Crippen LogP contribution in [0.4, 0.5) is 15.8 Å². The van der Waals surface area contributed by atoms with Crippen LogP contribution >= 0.6 is 11.3 Å². The van der Waals surface area contributed by atoms with E-state index in [-0.39, 0.29) is 11.7 Å². The molecule has 2 aromatic heterocycles. The van der Waals surface area contributed by atoms with Gasteiger partial charge in [0.2, 0.25) is 0 Å². The van der Waals surface area contributed by atoms with Crippen molar-refractivity contribution in [1.29, 1.82) is 0 Å². The molecule has 0 bridgehead atoms. The number of thiophene rings is 1. The number of carbonyl (C=O) groups excluding carboxylic acids is 1. The van der Waals surface area contributed by atoms with Gasteiger partial charge in [-0.3, -0.25) is 4.79 Å². The maximum absolute atomic E-state index is 13.1. The van der Waals surface area contributed by atoms with Crippen molar-refractivity contribution in [3.8, 4) is 11.3 Å². The van der Waals surface area contributed by atoms with E-state index in [9.17, 15) is 9.18 Å². The summed E-state index contributed by atoms with van der Waals surface area (Å²) in [7, 11) is 0. The molecular weight excluding hydrogens is 361 g/mol. The van der Waals surface area contributed by atoms with Gasteiger partial charge >= 0.3 is 0 Å². The van der Waals surface area contributed by atoms with E-state index in [0.29, 0.717) is 21.1 Å². The van der Waals surface area contributed by atoms with Crippen molar-refractivity contribution >= 4 is 38.8 Å². The summed E-state index contributed by atoms with van der Waals surface area (Å²) >= 11 is 1.25. The van der Waals surface area contributed by atoms with Gasteiger partial charge in [-0.2, -0.15) is 0 Å². The summed E-state index contributed by atoms with van der Waals surface area (Å²) in [5.41, 5.74) is 9.85. The van der Waals surface area contributed by atoms with Crippen molar-refractivity contribution < 1.29 is 9.18 Å². The number of pyridine rings is 1. The molecule has 0 unspecified atom stereocenters. The highest BCUT2D eigenvalue weighted by Gasteiger charge is 2.18. The number of nitrogen functional groups attached to an aromatic ring is 1. The van der Waals surface area contributed by atoms with Gasteiger partial charge in [0, 0.05) is 16.6 Å². The van der Waals surface area contributed by atoms with Crippen LogP contribution in [0.25, 0.3) is 21.5 Å². The lowest BCUT2D eigenvalue weighted by Crippen LogP contribution is -2.12. The Labute approximate surface area is 159 Å². The fourth-order valence-electron chi connectivity index (χ4n) is 2.84. The van der Waals surface area contributed by atoms with Crippen molar-refractivity contribution in [3.63, 3.8) is 0 Å². The molecule has 2 heterocycles. The second-order valence-electron chi connectivity index (χ2n) is 6.17. The minimum atomic E-state index is -0.296. The predicted octanol–water partition coefficient (Wildman–Crippen LogP) is 5.25. The lowest BCUT2D eigenvalue weighted by Gasteiger charge is -2.07. The van der Waals surface area contributed by atoms with E-state index >= 15 is 0 Å². The zero-order chi connectivity index (χ0) is 19.0. The molecule has 0 radical (unpaired) electrons. The molecule has 0 aliphatic carbocycles. The van der Waals surface area contributed by atoms with Gasteiger partial charge in [0.05, 0.1) is 11.4 Å². The maximum Gasteiger partial charge on any atom is 0.267 e. The fraction of sp³-hybridized carbons (Fsp3) is 0.0476. The number of anilines is 2. The summed E-state index contributed by atoms with van der Waals surface area (Å²) in [6.07, 6.45) is 0. The van der Waals surface area contributed by atoms with E-state index in [1.165, 1.54) is 23.5 Å². The zero-order valence-corrected chi connectivity index (χ0v) is 15.3. The second-order valence-corrected chi connectivity index (χ2v) is 7.17. The van der Waals surface area contributed by atoms with Crippen molar-refractivity contribution in [3.05, 3.63) is 76.9 Å². The van der Waals surface area contributed by atoms with Gasteiger partial charge in [-0.1, -0.05) is 18.2 Å². The fourth-order valence-corrected chi connectivity index (χ4v) is 3.83. The van der Waals surface area contributed by atoms with Crippen molar-refractivity contribution in [2.45, 2.75) is 6.92 Å². The first kappa shape index (κ1) is 17.2. The third kappa shape index (κ3) is 3.27. The Balaban J connectivity index is 1.70. The first-order valence-electron chi connectivity index (χ1n) is 8.35. The minimum absolute atomic E-state index is 0.256. The summed E-state index contributed by atoms with van der Waals surface area (Å²) in [6.45, 7) is 1.93. The largest absolute Gasteiger partial charge is 0.397 e. The molecule has 0 saturated heterocycles. The average molecular weight is 377 g/mol. The number of hydrogen-bond acceptors (Lipinski definition) is 4. The molecule has 0 aliphatic heterocycles. The Bertz CT molecular complexity index is 1150. The Morgan fingerprint density at radius 3 is 2.56 bits per heavy atom. The molecule has 3 N–H and O–H groups in total. The number of aromatic nitrogens is 1. The van der Waals surface area contributed by atoms with Crippen LogP contribution in [0.3, 0.4) is 0 Å². The number of rotatable bonds is 3. The highest BCUT2D eigenvalue weighted by molar-refractivity contribution is 7.21.